The van der Waals surface area contributed by atoms with Crippen LogP contribution in [-0.2, 0) is 9.59 Å². The molecule has 0 aliphatic heterocycles. The smallest absolute Gasteiger partial charge is 0.267 e. The van der Waals surface area contributed by atoms with Crippen molar-refractivity contribution >= 4 is 24.0 Å². The number of hydrogen-bond acceptors (Lipinski definition) is 2. The number of nitrogens with one attached hydrogen (secondary N) is 2. The Hall–Kier alpha value is -3.40. The van der Waals surface area contributed by atoms with Crippen molar-refractivity contribution in [3.05, 3.63) is 95.7 Å². The number of carbonyl (C=O) groups is 2. The first-order valence-corrected chi connectivity index (χ1v) is 8.94. The van der Waals surface area contributed by atoms with E-state index in [1.807, 2.05) is 73.7 Å². The summed E-state index contributed by atoms with van der Waals surface area (Å²) in [6.45, 7) is 2.52. The fourth-order valence-corrected chi connectivity index (χ4v) is 2.24. The quantitative estimate of drug-likeness (QED) is 0.553. The predicted molar refractivity (Wildman–Crippen MR) is 110 cm³/mol. The molecule has 0 unspecified atom stereocenters. The van der Waals surface area contributed by atoms with Crippen LogP contribution in [0.15, 0.2) is 84.6 Å². The molecule has 0 heterocycles. The molecule has 27 heavy (non-hydrogen) atoms. The number of rotatable bonds is 8. The van der Waals surface area contributed by atoms with E-state index in [2.05, 4.69) is 10.6 Å². The third-order valence-corrected chi connectivity index (χ3v) is 3.62. The van der Waals surface area contributed by atoms with Gasteiger partial charge in [-0.2, -0.15) is 0 Å². The summed E-state index contributed by atoms with van der Waals surface area (Å²) >= 11 is 0. The summed E-state index contributed by atoms with van der Waals surface area (Å²) in [6, 6.07) is 19.2. The lowest BCUT2D eigenvalue weighted by Gasteiger charge is -2.08. The van der Waals surface area contributed by atoms with Gasteiger partial charge in [0, 0.05) is 12.6 Å². The van der Waals surface area contributed by atoms with Gasteiger partial charge in [-0.25, -0.2) is 0 Å². The molecule has 4 heteroatoms. The average Bonchev–Trinajstić information content (AvgIpc) is 2.71. The number of amides is 2. The van der Waals surface area contributed by atoms with Gasteiger partial charge in [0.15, 0.2) is 0 Å². The van der Waals surface area contributed by atoms with Crippen molar-refractivity contribution < 1.29 is 9.59 Å². The highest BCUT2D eigenvalue weighted by molar-refractivity contribution is 6.01. The van der Waals surface area contributed by atoms with Crippen LogP contribution in [0.5, 0.6) is 0 Å². The van der Waals surface area contributed by atoms with E-state index in [1.54, 1.807) is 18.2 Å². The maximum Gasteiger partial charge on any atom is 0.267 e. The third kappa shape index (κ3) is 7.57. The molecule has 2 rings (SSSR count). The maximum absolute atomic E-state index is 12.3. The van der Waals surface area contributed by atoms with Crippen LogP contribution in [0.1, 0.15) is 24.5 Å². The van der Waals surface area contributed by atoms with Gasteiger partial charge in [0.1, 0.15) is 5.70 Å². The van der Waals surface area contributed by atoms with Crippen molar-refractivity contribution in [2.24, 2.45) is 0 Å². The van der Waals surface area contributed by atoms with Crippen molar-refractivity contribution in [2.45, 2.75) is 13.3 Å². The first-order valence-electron chi connectivity index (χ1n) is 8.94. The van der Waals surface area contributed by atoms with Gasteiger partial charge in [-0.15, -0.1) is 0 Å². The van der Waals surface area contributed by atoms with E-state index in [0.717, 1.165) is 17.5 Å². The highest BCUT2D eigenvalue weighted by Crippen LogP contribution is 2.03. The number of carbonyl (C=O) groups excluding carboxylic acids is 2. The molecule has 2 aromatic carbocycles. The van der Waals surface area contributed by atoms with Crippen LogP contribution in [0.2, 0.25) is 0 Å². The molecule has 0 saturated heterocycles. The molecule has 0 saturated carbocycles. The van der Waals surface area contributed by atoms with Gasteiger partial charge < -0.3 is 10.6 Å². The van der Waals surface area contributed by atoms with Crippen LogP contribution < -0.4 is 10.6 Å². The van der Waals surface area contributed by atoms with Crippen LogP contribution in [0, 0.1) is 0 Å². The molecule has 0 bridgehead atoms. The fourth-order valence-electron chi connectivity index (χ4n) is 2.24. The Kier molecular flexibility index (Phi) is 8.31. The fraction of sp³-hybridized carbons (Fsp3) is 0.130. The monoisotopic (exact) mass is 360 g/mol. The van der Waals surface area contributed by atoms with Crippen molar-refractivity contribution in [1.82, 2.24) is 10.6 Å². The molecule has 0 radical (unpaired) electrons. The van der Waals surface area contributed by atoms with Crippen molar-refractivity contribution in [2.75, 3.05) is 6.54 Å². The summed E-state index contributed by atoms with van der Waals surface area (Å²) in [5.74, 6) is -0.666. The largest absolute Gasteiger partial charge is 0.351 e. The summed E-state index contributed by atoms with van der Waals surface area (Å²) in [7, 11) is 0. The molecule has 0 spiro atoms. The van der Waals surface area contributed by atoms with Crippen molar-refractivity contribution in [3.8, 4) is 0 Å². The highest BCUT2D eigenvalue weighted by Gasteiger charge is 2.10. The zero-order valence-corrected chi connectivity index (χ0v) is 15.4. The van der Waals surface area contributed by atoms with Crippen LogP contribution >= 0.6 is 0 Å². The lowest BCUT2D eigenvalue weighted by molar-refractivity contribution is -0.121. The Labute approximate surface area is 160 Å². The minimum Gasteiger partial charge on any atom is -0.351 e. The highest BCUT2D eigenvalue weighted by atomic mass is 16.2. The van der Waals surface area contributed by atoms with Gasteiger partial charge >= 0.3 is 0 Å². The molecule has 0 aromatic heterocycles. The van der Waals surface area contributed by atoms with E-state index in [-0.39, 0.29) is 17.5 Å². The summed E-state index contributed by atoms with van der Waals surface area (Å²) in [5, 5.41) is 5.43. The molecule has 2 N–H and O–H groups in total. The van der Waals surface area contributed by atoms with E-state index in [0.29, 0.717) is 6.54 Å². The van der Waals surface area contributed by atoms with Crippen molar-refractivity contribution in [3.63, 3.8) is 0 Å². The first-order chi connectivity index (χ1) is 13.2. The Morgan fingerprint density at radius 2 is 1.48 bits per heavy atom. The number of hydrogen-bond donors (Lipinski definition) is 2. The Morgan fingerprint density at radius 1 is 0.889 bits per heavy atom. The molecule has 0 aliphatic rings. The minimum absolute atomic E-state index is 0.207. The van der Waals surface area contributed by atoms with Gasteiger partial charge in [-0.05, 0) is 29.7 Å². The molecule has 2 aromatic rings. The Balaban J connectivity index is 2.08. The van der Waals surface area contributed by atoms with E-state index in [4.69, 9.17) is 0 Å². The normalized spacial score (nSPS) is 11.7. The summed E-state index contributed by atoms with van der Waals surface area (Å²) in [5.41, 5.74) is 2.13. The van der Waals surface area contributed by atoms with Gasteiger partial charge in [0.05, 0.1) is 0 Å². The van der Waals surface area contributed by atoms with Gasteiger partial charge in [-0.3, -0.25) is 9.59 Å². The number of benzene rings is 2. The van der Waals surface area contributed by atoms with Gasteiger partial charge in [0.25, 0.3) is 5.91 Å². The first kappa shape index (κ1) is 19.9. The van der Waals surface area contributed by atoms with Crippen LogP contribution in [0.3, 0.4) is 0 Å². The standard InChI is InChI=1S/C23H24N2O2/c1-2-18-24-23(27)21(15-9-14-19-10-5-3-6-11-19)25-22(26)17-16-20-12-7-4-8-13-20/h3-17H,2,18H2,1H3,(H,24,27)(H,25,26)/b14-9+,17-16?,21-15-. The predicted octanol–water partition coefficient (Wildman–Crippen LogP) is 3.94. The lowest BCUT2D eigenvalue weighted by atomic mass is 10.2. The second kappa shape index (κ2) is 11.3. The molecule has 4 nitrogen and oxygen atoms in total. The molecular formula is C23H24N2O2. The second-order valence-electron chi connectivity index (χ2n) is 5.84. The van der Waals surface area contributed by atoms with Gasteiger partial charge in [-0.1, -0.05) is 79.7 Å². The second-order valence-corrected chi connectivity index (χ2v) is 5.84. The van der Waals surface area contributed by atoms with E-state index in [1.165, 1.54) is 6.08 Å². The summed E-state index contributed by atoms with van der Waals surface area (Å²) in [4.78, 5) is 24.5. The number of allylic oxidation sites excluding steroid dienone is 2. The zero-order valence-electron chi connectivity index (χ0n) is 15.4. The third-order valence-electron chi connectivity index (χ3n) is 3.62. The van der Waals surface area contributed by atoms with E-state index < -0.39 is 0 Å². The molecule has 0 aliphatic carbocycles. The molecule has 0 atom stereocenters. The molecule has 138 valence electrons. The molecule has 0 fully saturated rings. The van der Waals surface area contributed by atoms with E-state index in [9.17, 15) is 9.59 Å². The van der Waals surface area contributed by atoms with Crippen LogP contribution in [0.4, 0.5) is 0 Å². The minimum atomic E-state index is -0.357. The maximum atomic E-state index is 12.3. The summed E-state index contributed by atoms with van der Waals surface area (Å²) < 4.78 is 0. The topological polar surface area (TPSA) is 58.2 Å². The summed E-state index contributed by atoms with van der Waals surface area (Å²) in [6.07, 6.45) is 9.16. The average molecular weight is 360 g/mol. The SMILES string of the molecule is CCCNC(=O)/C(=C/C=C/c1ccccc1)NC(=O)C=Cc1ccccc1. The lowest BCUT2D eigenvalue weighted by Crippen LogP contribution is -2.34. The Morgan fingerprint density at radius 3 is 2.07 bits per heavy atom. The molecule has 2 amide bonds. The molecular weight excluding hydrogens is 336 g/mol. The zero-order chi connectivity index (χ0) is 19.3. The van der Waals surface area contributed by atoms with Crippen molar-refractivity contribution in [1.29, 1.82) is 0 Å². The van der Waals surface area contributed by atoms with Crippen LogP contribution in [-0.4, -0.2) is 18.4 Å². The van der Waals surface area contributed by atoms with Gasteiger partial charge in [0.2, 0.25) is 5.91 Å². The Bertz CT molecular complexity index is 822. The van der Waals surface area contributed by atoms with Crippen LogP contribution in [0.25, 0.3) is 12.2 Å². The van der Waals surface area contributed by atoms with E-state index >= 15 is 0 Å².